The molecule has 0 saturated carbocycles. The van der Waals surface area contributed by atoms with Crippen LogP contribution in [0.4, 0.5) is 5.69 Å². The van der Waals surface area contributed by atoms with Crippen LogP contribution in [0.25, 0.3) is 0 Å². The Hall–Kier alpha value is -1.84. The molecule has 0 aliphatic carbocycles. The van der Waals surface area contributed by atoms with Gasteiger partial charge in [0.2, 0.25) is 0 Å². The van der Waals surface area contributed by atoms with Crippen LogP contribution >= 0.6 is 0 Å². The van der Waals surface area contributed by atoms with E-state index < -0.39 is 21.9 Å². The number of aliphatic hydroxyl groups is 1. The zero-order valence-electron chi connectivity index (χ0n) is 14.0. The van der Waals surface area contributed by atoms with Gasteiger partial charge >= 0.3 is 10.2 Å². The molecule has 2 rings (SSSR count). The van der Waals surface area contributed by atoms with Crippen LogP contribution in [0.15, 0.2) is 22.6 Å². The lowest BCUT2D eigenvalue weighted by molar-refractivity contribution is -0.00699. The first kappa shape index (κ1) is 18.5. The summed E-state index contributed by atoms with van der Waals surface area (Å²) in [6.45, 7) is 6.67. The van der Waals surface area contributed by atoms with Crippen LogP contribution in [-0.4, -0.2) is 38.7 Å². The summed E-state index contributed by atoms with van der Waals surface area (Å²) in [6, 6.07) is 4.93. The van der Waals surface area contributed by atoms with Crippen molar-refractivity contribution in [3.8, 4) is 5.75 Å². The first-order chi connectivity index (χ1) is 11.2. The van der Waals surface area contributed by atoms with Crippen LogP contribution in [0.5, 0.6) is 5.75 Å². The summed E-state index contributed by atoms with van der Waals surface area (Å²) in [5.41, 5.74) is 5.94. The molecular formula is C15H24N4O4S. The van der Waals surface area contributed by atoms with Gasteiger partial charge < -0.3 is 15.6 Å². The smallest absolute Gasteiger partial charge is 0.344 e. The van der Waals surface area contributed by atoms with Crippen LogP contribution in [-0.2, 0) is 10.2 Å². The molecule has 8 nitrogen and oxygen atoms in total. The molecule has 1 aromatic carbocycles. The van der Waals surface area contributed by atoms with Crippen molar-refractivity contribution in [1.82, 2.24) is 5.32 Å². The van der Waals surface area contributed by atoms with Crippen molar-refractivity contribution in [2.45, 2.75) is 33.4 Å². The number of aliphatic hydroxyl groups excluding tert-OH is 1. The standard InChI is InChI=1S/C15H24N4O4S/c1-4-8-17-14(20)15(2,3)9-23-11-7-5-6-10-12(11)13(16)19-24(21,22)18-10/h5-7,14,17-18,20H,4,8-9H2,1-3H3,(H2,16,19). The molecule has 0 bridgehead atoms. The molecule has 0 spiro atoms. The van der Waals surface area contributed by atoms with E-state index in [1.54, 1.807) is 18.2 Å². The monoisotopic (exact) mass is 356 g/mol. The Labute approximate surface area is 142 Å². The third-order valence-electron chi connectivity index (χ3n) is 3.67. The summed E-state index contributed by atoms with van der Waals surface area (Å²) < 4.78 is 34.7. The summed E-state index contributed by atoms with van der Waals surface area (Å²) >= 11 is 0. The summed E-state index contributed by atoms with van der Waals surface area (Å²) in [6.07, 6.45) is 0.175. The predicted molar refractivity (Wildman–Crippen MR) is 93.3 cm³/mol. The van der Waals surface area contributed by atoms with E-state index in [-0.39, 0.29) is 12.4 Å². The van der Waals surface area contributed by atoms with Gasteiger partial charge in [0.25, 0.3) is 0 Å². The van der Waals surface area contributed by atoms with Crippen molar-refractivity contribution >= 4 is 21.7 Å². The largest absolute Gasteiger partial charge is 0.492 e. The highest BCUT2D eigenvalue weighted by Crippen LogP contribution is 2.32. The number of amidine groups is 1. The van der Waals surface area contributed by atoms with Gasteiger partial charge in [0, 0.05) is 5.41 Å². The van der Waals surface area contributed by atoms with Crippen molar-refractivity contribution in [3.63, 3.8) is 0 Å². The fraction of sp³-hybridized carbons (Fsp3) is 0.533. The molecule has 0 saturated heterocycles. The van der Waals surface area contributed by atoms with Gasteiger partial charge in [-0.25, -0.2) is 0 Å². The molecule has 134 valence electrons. The summed E-state index contributed by atoms with van der Waals surface area (Å²) in [5.74, 6) is 0.286. The Balaban J connectivity index is 2.18. The zero-order valence-corrected chi connectivity index (χ0v) is 14.9. The lowest BCUT2D eigenvalue weighted by atomic mass is 9.92. The second-order valence-corrected chi connectivity index (χ2v) is 7.70. The zero-order chi connectivity index (χ0) is 18.0. The first-order valence-electron chi connectivity index (χ1n) is 7.72. The molecule has 24 heavy (non-hydrogen) atoms. The molecule has 1 aliphatic heterocycles. The number of nitrogens with two attached hydrogens (primary N) is 1. The Bertz CT molecular complexity index is 731. The van der Waals surface area contributed by atoms with E-state index in [9.17, 15) is 13.5 Å². The number of hydrogen-bond acceptors (Lipinski definition) is 6. The lowest BCUT2D eigenvalue weighted by Crippen LogP contribution is -2.45. The second kappa shape index (κ2) is 6.96. The third kappa shape index (κ3) is 4.16. The summed E-state index contributed by atoms with van der Waals surface area (Å²) in [5, 5.41) is 13.2. The molecule has 1 aliphatic rings. The van der Waals surface area contributed by atoms with Crippen LogP contribution in [0.2, 0.25) is 0 Å². The van der Waals surface area contributed by atoms with E-state index in [1.165, 1.54) is 0 Å². The fourth-order valence-corrected chi connectivity index (χ4v) is 3.08. The maximum atomic E-state index is 11.6. The van der Waals surface area contributed by atoms with E-state index in [2.05, 4.69) is 14.4 Å². The van der Waals surface area contributed by atoms with E-state index in [0.717, 1.165) is 6.42 Å². The van der Waals surface area contributed by atoms with Crippen molar-refractivity contribution in [1.29, 1.82) is 0 Å². The van der Waals surface area contributed by atoms with Crippen molar-refractivity contribution in [3.05, 3.63) is 23.8 Å². The number of hydrogen-bond donors (Lipinski definition) is 4. The van der Waals surface area contributed by atoms with Gasteiger partial charge in [0.15, 0.2) is 5.84 Å². The Morgan fingerprint density at radius 3 is 2.83 bits per heavy atom. The average Bonchev–Trinajstić information content (AvgIpc) is 2.48. The van der Waals surface area contributed by atoms with E-state index >= 15 is 0 Å². The SMILES string of the molecule is CCCNC(O)C(C)(C)COc1cccc2c1C(N)=NS(=O)(=O)N2. The molecule has 9 heteroatoms. The van der Waals surface area contributed by atoms with Gasteiger partial charge in [0.05, 0.1) is 17.9 Å². The molecule has 1 heterocycles. The lowest BCUT2D eigenvalue weighted by Gasteiger charge is -2.31. The molecule has 0 radical (unpaired) electrons. The Morgan fingerprint density at radius 1 is 1.46 bits per heavy atom. The third-order valence-corrected chi connectivity index (χ3v) is 4.58. The maximum absolute atomic E-state index is 11.6. The molecule has 1 unspecified atom stereocenters. The fourth-order valence-electron chi connectivity index (χ4n) is 2.24. The number of fused-ring (bicyclic) bond motifs is 1. The van der Waals surface area contributed by atoms with Crippen LogP contribution in [0.1, 0.15) is 32.8 Å². The highest BCUT2D eigenvalue weighted by Gasteiger charge is 2.30. The minimum atomic E-state index is -3.82. The Kier molecular flexibility index (Phi) is 5.36. The van der Waals surface area contributed by atoms with E-state index in [1.807, 2.05) is 20.8 Å². The highest BCUT2D eigenvalue weighted by molar-refractivity contribution is 7.91. The number of anilines is 1. The number of benzene rings is 1. The predicted octanol–water partition coefficient (Wildman–Crippen LogP) is 0.785. The molecule has 1 aromatic rings. The minimum absolute atomic E-state index is 0.123. The average molecular weight is 356 g/mol. The van der Waals surface area contributed by atoms with E-state index in [0.29, 0.717) is 23.5 Å². The molecule has 0 fully saturated rings. The number of ether oxygens (including phenoxy) is 1. The number of nitrogens with zero attached hydrogens (tertiary/aromatic N) is 1. The maximum Gasteiger partial charge on any atom is 0.344 e. The number of rotatable bonds is 7. The molecule has 0 aromatic heterocycles. The Morgan fingerprint density at radius 2 is 2.17 bits per heavy atom. The van der Waals surface area contributed by atoms with Gasteiger partial charge in [0.1, 0.15) is 12.0 Å². The van der Waals surface area contributed by atoms with Crippen LogP contribution < -0.4 is 20.5 Å². The molecule has 1 atom stereocenters. The van der Waals surface area contributed by atoms with Gasteiger partial charge in [-0.05, 0) is 25.1 Å². The number of nitrogens with one attached hydrogen (secondary N) is 2. The van der Waals surface area contributed by atoms with Gasteiger partial charge in [-0.3, -0.25) is 10.0 Å². The van der Waals surface area contributed by atoms with E-state index in [4.69, 9.17) is 10.5 Å². The molecule has 5 N–H and O–H groups in total. The van der Waals surface area contributed by atoms with Gasteiger partial charge in [-0.15, -0.1) is 4.40 Å². The first-order valence-corrected chi connectivity index (χ1v) is 9.16. The van der Waals surface area contributed by atoms with Crippen molar-refractivity contribution in [2.75, 3.05) is 17.9 Å². The van der Waals surface area contributed by atoms with Crippen LogP contribution in [0.3, 0.4) is 0 Å². The van der Waals surface area contributed by atoms with Crippen LogP contribution in [0, 0.1) is 5.41 Å². The summed E-state index contributed by atoms with van der Waals surface area (Å²) in [4.78, 5) is 0. The molecular weight excluding hydrogens is 332 g/mol. The minimum Gasteiger partial charge on any atom is -0.492 e. The van der Waals surface area contributed by atoms with Gasteiger partial charge in [-0.1, -0.05) is 26.8 Å². The van der Waals surface area contributed by atoms with Gasteiger partial charge in [-0.2, -0.15) is 8.42 Å². The molecule has 0 amide bonds. The van der Waals surface area contributed by atoms with Crippen molar-refractivity contribution in [2.24, 2.45) is 15.5 Å². The highest BCUT2D eigenvalue weighted by atomic mass is 32.2. The second-order valence-electron chi connectivity index (χ2n) is 6.37. The normalized spacial score (nSPS) is 17.4. The topological polar surface area (TPSA) is 126 Å². The summed E-state index contributed by atoms with van der Waals surface area (Å²) in [7, 11) is -3.82. The van der Waals surface area contributed by atoms with Crippen molar-refractivity contribution < 1.29 is 18.3 Å². The quantitative estimate of drug-likeness (QED) is 0.535.